The molecule has 0 spiro atoms. The van der Waals surface area contributed by atoms with E-state index in [-0.39, 0.29) is 0 Å². The van der Waals surface area contributed by atoms with Gasteiger partial charge in [-0.1, -0.05) is 20.8 Å². The van der Waals surface area contributed by atoms with Crippen molar-refractivity contribution in [2.45, 2.75) is 45.6 Å². The summed E-state index contributed by atoms with van der Waals surface area (Å²) in [5, 5.41) is 8.24. The minimum Gasteiger partial charge on any atom is -0.365 e. The fraction of sp³-hybridized carbons (Fsp3) is 0.625. The standard InChI is InChI=1S/C16H25N5/c1-4-20-8-5-13(6-9-20)18-16-15-11-14(12(2)3)19-21(15)10-7-17-16/h7,10-13H,4-6,8-9H2,1-3H3,(H,17,18). The average molecular weight is 287 g/mol. The Hall–Kier alpha value is -1.62. The monoisotopic (exact) mass is 287 g/mol. The molecular formula is C16H25N5. The van der Waals surface area contributed by atoms with E-state index in [1.54, 1.807) is 0 Å². The molecule has 0 unspecified atom stereocenters. The summed E-state index contributed by atoms with van der Waals surface area (Å²) >= 11 is 0. The van der Waals surface area contributed by atoms with Crippen LogP contribution in [0.1, 0.15) is 45.2 Å². The second-order valence-electron chi connectivity index (χ2n) is 6.18. The summed E-state index contributed by atoms with van der Waals surface area (Å²) in [6.07, 6.45) is 6.11. The first-order valence-corrected chi connectivity index (χ1v) is 8.00. The number of hydrogen-bond donors (Lipinski definition) is 1. The van der Waals surface area contributed by atoms with Crippen molar-refractivity contribution in [1.29, 1.82) is 0 Å². The molecule has 1 aliphatic heterocycles. The van der Waals surface area contributed by atoms with E-state index >= 15 is 0 Å². The summed E-state index contributed by atoms with van der Waals surface area (Å²) in [7, 11) is 0. The fourth-order valence-electron chi connectivity index (χ4n) is 2.92. The van der Waals surface area contributed by atoms with Crippen LogP contribution in [0.25, 0.3) is 5.52 Å². The van der Waals surface area contributed by atoms with Crippen LogP contribution >= 0.6 is 0 Å². The number of aromatic nitrogens is 3. The van der Waals surface area contributed by atoms with Crippen LogP contribution in [0.3, 0.4) is 0 Å². The van der Waals surface area contributed by atoms with Crippen molar-refractivity contribution >= 4 is 11.3 Å². The van der Waals surface area contributed by atoms with Crippen molar-refractivity contribution < 1.29 is 0 Å². The fourth-order valence-corrected chi connectivity index (χ4v) is 2.92. The van der Waals surface area contributed by atoms with Crippen LogP contribution in [0.15, 0.2) is 18.5 Å². The molecule has 2 aromatic heterocycles. The van der Waals surface area contributed by atoms with Gasteiger partial charge in [-0.2, -0.15) is 5.10 Å². The van der Waals surface area contributed by atoms with Gasteiger partial charge in [0.2, 0.25) is 0 Å². The Kier molecular flexibility index (Phi) is 4.10. The Balaban J connectivity index is 1.78. The molecule has 0 saturated carbocycles. The third-order valence-corrected chi connectivity index (χ3v) is 4.38. The summed E-state index contributed by atoms with van der Waals surface area (Å²) in [6, 6.07) is 2.67. The third-order valence-electron chi connectivity index (χ3n) is 4.38. The largest absolute Gasteiger partial charge is 0.365 e. The van der Waals surface area contributed by atoms with E-state index in [2.05, 4.69) is 47.1 Å². The maximum atomic E-state index is 4.62. The number of nitrogens with one attached hydrogen (secondary N) is 1. The van der Waals surface area contributed by atoms with Gasteiger partial charge in [-0.3, -0.25) is 0 Å². The van der Waals surface area contributed by atoms with Crippen LogP contribution in [0.2, 0.25) is 0 Å². The van der Waals surface area contributed by atoms with Crippen molar-refractivity contribution in [1.82, 2.24) is 19.5 Å². The lowest BCUT2D eigenvalue weighted by atomic mass is 10.1. The first-order valence-electron chi connectivity index (χ1n) is 8.00. The van der Waals surface area contributed by atoms with Crippen molar-refractivity contribution in [3.8, 4) is 0 Å². The van der Waals surface area contributed by atoms with Crippen LogP contribution in [-0.4, -0.2) is 45.2 Å². The summed E-state index contributed by atoms with van der Waals surface area (Å²) in [5.41, 5.74) is 2.20. The molecule has 114 valence electrons. The normalized spacial score (nSPS) is 17.7. The molecule has 3 heterocycles. The first kappa shape index (κ1) is 14.3. The van der Waals surface area contributed by atoms with Gasteiger partial charge >= 0.3 is 0 Å². The van der Waals surface area contributed by atoms with Gasteiger partial charge in [-0.05, 0) is 31.4 Å². The Bertz CT molecular complexity index is 596. The molecular weight excluding hydrogens is 262 g/mol. The molecule has 0 bridgehead atoms. The van der Waals surface area contributed by atoms with E-state index in [1.165, 1.54) is 25.9 Å². The highest BCUT2D eigenvalue weighted by molar-refractivity contribution is 5.68. The molecule has 0 aromatic carbocycles. The van der Waals surface area contributed by atoms with E-state index in [0.717, 1.165) is 23.6 Å². The highest BCUT2D eigenvalue weighted by Gasteiger charge is 2.19. The second-order valence-corrected chi connectivity index (χ2v) is 6.18. The van der Waals surface area contributed by atoms with Crippen LogP contribution in [0.4, 0.5) is 5.82 Å². The van der Waals surface area contributed by atoms with E-state index in [9.17, 15) is 0 Å². The summed E-state index contributed by atoms with van der Waals surface area (Å²) < 4.78 is 1.94. The lowest BCUT2D eigenvalue weighted by molar-refractivity contribution is 0.229. The average Bonchev–Trinajstić information content (AvgIpc) is 2.93. The highest BCUT2D eigenvalue weighted by atomic mass is 15.2. The predicted molar refractivity (Wildman–Crippen MR) is 85.8 cm³/mol. The minimum absolute atomic E-state index is 0.436. The minimum atomic E-state index is 0.436. The van der Waals surface area contributed by atoms with Gasteiger partial charge in [0.25, 0.3) is 0 Å². The Morgan fingerprint density at radius 1 is 1.33 bits per heavy atom. The topological polar surface area (TPSA) is 45.5 Å². The van der Waals surface area contributed by atoms with E-state index < -0.39 is 0 Å². The summed E-state index contributed by atoms with van der Waals surface area (Å²) in [5.74, 6) is 1.40. The number of hydrogen-bond acceptors (Lipinski definition) is 4. The van der Waals surface area contributed by atoms with E-state index in [1.807, 2.05) is 16.9 Å². The van der Waals surface area contributed by atoms with Gasteiger partial charge in [-0.15, -0.1) is 0 Å². The Morgan fingerprint density at radius 3 is 2.76 bits per heavy atom. The Labute approximate surface area is 126 Å². The van der Waals surface area contributed by atoms with Crippen molar-refractivity contribution in [3.63, 3.8) is 0 Å². The molecule has 2 aromatic rings. The third kappa shape index (κ3) is 3.02. The lowest BCUT2D eigenvalue weighted by Gasteiger charge is -2.31. The van der Waals surface area contributed by atoms with Gasteiger partial charge in [-0.25, -0.2) is 9.50 Å². The molecule has 0 aliphatic carbocycles. The zero-order valence-corrected chi connectivity index (χ0v) is 13.2. The molecule has 0 amide bonds. The molecule has 21 heavy (non-hydrogen) atoms. The quantitative estimate of drug-likeness (QED) is 0.939. The number of piperidine rings is 1. The van der Waals surface area contributed by atoms with Gasteiger partial charge in [0.05, 0.1) is 5.69 Å². The number of nitrogens with zero attached hydrogens (tertiary/aromatic N) is 4. The van der Waals surface area contributed by atoms with Gasteiger partial charge in [0.15, 0.2) is 5.82 Å². The van der Waals surface area contributed by atoms with Crippen molar-refractivity contribution in [3.05, 3.63) is 24.2 Å². The predicted octanol–water partition coefficient (Wildman–Crippen LogP) is 2.75. The number of fused-ring (bicyclic) bond motifs is 1. The van der Waals surface area contributed by atoms with Crippen LogP contribution in [-0.2, 0) is 0 Å². The molecule has 5 nitrogen and oxygen atoms in total. The van der Waals surface area contributed by atoms with Crippen LogP contribution < -0.4 is 5.32 Å². The molecule has 1 saturated heterocycles. The molecule has 5 heteroatoms. The van der Waals surface area contributed by atoms with Crippen molar-refractivity contribution in [2.24, 2.45) is 0 Å². The number of anilines is 1. The smallest absolute Gasteiger partial charge is 0.152 e. The number of likely N-dealkylation sites (tertiary alicyclic amines) is 1. The Morgan fingerprint density at radius 2 is 2.10 bits per heavy atom. The second kappa shape index (κ2) is 6.02. The van der Waals surface area contributed by atoms with Crippen LogP contribution in [0.5, 0.6) is 0 Å². The highest BCUT2D eigenvalue weighted by Crippen LogP contribution is 2.22. The molecule has 0 atom stereocenters. The molecule has 0 radical (unpaired) electrons. The van der Waals surface area contributed by atoms with E-state index in [4.69, 9.17) is 0 Å². The van der Waals surface area contributed by atoms with Crippen LogP contribution in [0, 0.1) is 0 Å². The summed E-state index contributed by atoms with van der Waals surface area (Å²) in [6.45, 7) is 10.1. The molecule has 1 aliphatic rings. The SMILES string of the molecule is CCN1CCC(Nc2nccn3nc(C(C)C)cc23)CC1. The van der Waals surface area contributed by atoms with Gasteiger partial charge in [0, 0.05) is 31.5 Å². The van der Waals surface area contributed by atoms with E-state index in [0.29, 0.717) is 12.0 Å². The van der Waals surface area contributed by atoms with Gasteiger partial charge in [0.1, 0.15) is 5.52 Å². The maximum absolute atomic E-state index is 4.62. The molecule has 1 fully saturated rings. The van der Waals surface area contributed by atoms with Crippen molar-refractivity contribution in [2.75, 3.05) is 25.0 Å². The lowest BCUT2D eigenvalue weighted by Crippen LogP contribution is -2.39. The van der Waals surface area contributed by atoms with Gasteiger partial charge < -0.3 is 10.2 Å². The molecule has 3 rings (SSSR count). The molecule has 1 N–H and O–H groups in total. The zero-order valence-electron chi connectivity index (χ0n) is 13.2. The number of rotatable bonds is 4. The maximum Gasteiger partial charge on any atom is 0.152 e. The summed E-state index contributed by atoms with van der Waals surface area (Å²) in [4.78, 5) is 7.03. The zero-order chi connectivity index (χ0) is 14.8. The first-order chi connectivity index (χ1) is 10.2.